The Bertz CT molecular complexity index is 3000. The van der Waals surface area contributed by atoms with Crippen molar-refractivity contribution in [2.24, 2.45) is 11.8 Å². The molecule has 0 unspecified atom stereocenters. The Kier molecular flexibility index (Phi) is 12.5. The van der Waals surface area contributed by atoms with Crippen LogP contribution in [0.4, 0.5) is 5.82 Å². The van der Waals surface area contributed by atoms with Crippen molar-refractivity contribution in [1.82, 2.24) is 34.8 Å². The monoisotopic (exact) mass is 970 g/mol. The molecular weight excluding hydrogens is 912 g/mol. The molecule has 14 nitrogen and oxygen atoms in total. The highest BCUT2D eigenvalue weighted by atomic mass is 35.5. The van der Waals surface area contributed by atoms with Gasteiger partial charge in [0.05, 0.1) is 55.3 Å². The number of carbonyl (C=O) groups excluding carboxylic acids is 3. The van der Waals surface area contributed by atoms with Gasteiger partial charge in [-0.05, 0) is 106 Å². The second-order valence-electron chi connectivity index (χ2n) is 20.3. The Morgan fingerprint density at radius 3 is 2.39 bits per heavy atom. The fourth-order valence-electron chi connectivity index (χ4n) is 11.3. The number of nitrogens with one attached hydrogen (secondary N) is 1. The number of piperidine rings is 2. The Balaban J connectivity index is 0.739. The molecule has 3 aromatic heterocycles. The zero-order valence-corrected chi connectivity index (χ0v) is 41.5. The maximum absolute atomic E-state index is 14.4. The summed E-state index contributed by atoms with van der Waals surface area (Å²) < 4.78 is 7.98. The van der Waals surface area contributed by atoms with E-state index in [1.807, 2.05) is 80.6 Å². The molecular formula is C53H59ClN8O6S. The molecule has 0 spiro atoms. The number of carbonyl (C=O) groups is 3. The molecule has 69 heavy (non-hydrogen) atoms. The summed E-state index contributed by atoms with van der Waals surface area (Å²) in [5, 5.41) is 19.1. The van der Waals surface area contributed by atoms with Crippen LogP contribution in [-0.4, -0.2) is 97.2 Å². The van der Waals surface area contributed by atoms with E-state index in [0.717, 1.165) is 51.3 Å². The number of halogens is 1. The zero-order valence-electron chi connectivity index (χ0n) is 39.9. The average Bonchev–Trinajstić information content (AvgIpc) is 4.14. The second kappa shape index (κ2) is 18.4. The lowest BCUT2D eigenvalue weighted by molar-refractivity contribution is -0.141. The van der Waals surface area contributed by atoms with Gasteiger partial charge in [-0.2, -0.15) is 4.98 Å². The van der Waals surface area contributed by atoms with Gasteiger partial charge in [0, 0.05) is 51.1 Å². The molecule has 7 heterocycles. The van der Waals surface area contributed by atoms with Crippen molar-refractivity contribution in [3.05, 3.63) is 122 Å². The van der Waals surface area contributed by atoms with Gasteiger partial charge in [0.2, 0.25) is 17.7 Å². The van der Waals surface area contributed by atoms with Crippen LogP contribution in [0.25, 0.3) is 27.0 Å². The third-order valence-electron chi connectivity index (χ3n) is 15.2. The number of nitrogens with zero attached hydrogens (tertiary/aromatic N) is 7. The molecule has 4 atom stereocenters. The van der Waals surface area contributed by atoms with Crippen LogP contribution in [-0.2, 0) is 19.8 Å². The number of hydrogen-bond acceptors (Lipinski definition) is 11. The smallest absolute Gasteiger partial charge is 0.282 e. The number of likely N-dealkylation sites (tertiary alicyclic amines) is 2. The lowest BCUT2D eigenvalue weighted by Gasteiger charge is -2.37. The molecule has 4 aliphatic rings. The number of aromatic nitrogens is 4. The molecule has 0 saturated carbocycles. The van der Waals surface area contributed by atoms with Crippen LogP contribution in [0.5, 0.6) is 0 Å². The summed E-state index contributed by atoms with van der Waals surface area (Å²) in [6.07, 6.45) is 2.41. The van der Waals surface area contributed by atoms with Crippen molar-refractivity contribution in [3.63, 3.8) is 0 Å². The first kappa shape index (κ1) is 46.8. The summed E-state index contributed by atoms with van der Waals surface area (Å²) in [7, 11) is 0. The lowest BCUT2D eigenvalue weighted by atomic mass is 9.81. The number of aliphatic hydroxyl groups is 1. The third-order valence-corrected chi connectivity index (χ3v) is 16.5. The van der Waals surface area contributed by atoms with E-state index in [1.54, 1.807) is 17.4 Å². The molecule has 0 aliphatic carbocycles. The zero-order chi connectivity index (χ0) is 48.5. The molecule has 3 fully saturated rings. The molecule has 10 rings (SSSR count). The maximum Gasteiger partial charge on any atom is 0.282 e. The van der Waals surface area contributed by atoms with Crippen LogP contribution in [0.2, 0.25) is 5.02 Å². The van der Waals surface area contributed by atoms with E-state index in [1.165, 1.54) is 10.5 Å². The number of amides is 3. The minimum atomic E-state index is -0.834. The van der Waals surface area contributed by atoms with Crippen molar-refractivity contribution in [1.29, 1.82) is 0 Å². The number of aryl methyl sites for hydroxylation is 1. The minimum Gasteiger partial charge on any atom is -0.391 e. The second-order valence-corrected chi connectivity index (χ2v) is 21.6. The van der Waals surface area contributed by atoms with Crippen LogP contribution in [0.15, 0.2) is 81.6 Å². The van der Waals surface area contributed by atoms with Gasteiger partial charge in [-0.1, -0.05) is 73.1 Å². The van der Waals surface area contributed by atoms with E-state index < -0.39 is 23.5 Å². The highest BCUT2D eigenvalue weighted by Gasteiger charge is 2.44. The Hall–Kier alpha value is -5.90. The van der Waals surface area contributed by atoms with Gasteiger partial charge in [0.25, 0.3) is 5.56 Å². The van der Waals surface area contributed by atoms with Crippen LogP contribution in [0.1, 0.15) is 119 Å². The number of aliphatic hydroxyl groups excluding tert-OH is 1. The maximum atomic E-state index is 14.4. The van der Waals surface area contributed by atoms with Crippen LogP contribution in [0, 0.1) is 18.8 Å². The van der Waals surface area contributed by atoms with E-state index in [0.29, 0.717) is 72.7 Å². The van der Waals surface area contributed by atoms with E-state index in [4.69, 9.17) is 16.1 Å². The molecule has 0 radical (unpaired) electrons. The molecule has 3 saturated heterocycles. The fourth-order valence-corrected chi connectivity index (χ4v) is 12.3. The van der Waals surface area contributed by atoms with Crippen molar-refractivity contribution in [2.45, 2.75) is 109 Å². The first-order chi connectivity index (χ1) is 33.1. The van der Waals surface area contributed by atoms with E-state index in [9.17, 15) is 24.3 Å². The largest absolute Gasteiger partial charge is 0.391 e. The molecule has 3 amide bonds. The summed E-state index contributed by atoms with van der Waals surface area (Å²) in [6.45, 7) is 14.7. The standard InChI is InChI=1S/C53H59ClN8O6S/c1-29(2)45(51(67)61-27-37(63)25-42(61)48(64)56-30(3)32-10-12-34(13-11-32)47-31(4)55-28-69-47)43-26-44(58-68-43)59-20-18-35(19-21-59)50(66)60-22-16-33(17-23-60)36-14-15-40-38(24-36)53(5,6)52-57-49(65)46-39(54)8-7-9-41(46)62(40)52/h7-15,24,26,28-30,33,35,37,42,45,63H,16-23,25,27H2,1-6H3,(H,56,64)/t30-,37+,42-,45+/m0/s1. The molecule has 360 valence electrons. The minimum absolute atomic E-state index is 0.0512. The Morgan fingerprint density at radius 2 is 1.70 bits per heavy atom. The predicted octanol–water partition coefficient (Wildman–Crippen LogP) is 8.30. The molecule has 6 aromatic rings. The summed E-state index contributed by atoms with van der Waals surface area (Å²) in [5.41, 5.74) is 8.15. The SMILES string of the molecule is Cc1ncsc1-c1ccc([C@H](C)NC(=O)[C@@H]2C[C@@H](O)CN2C(=O)[C@@H](c2cc(N3CCC(C(=O)N4CCC(c5ccc6c(c5)C(C)(C)c5nc(=O)c7c(Cl)cccc7n5-6)CC4)CC3)no2)C(C)C)cc1. The van der Waals surface area contributed by atoms with E-state index in [2.05, 4.69) is 62.0 Å². The lowest BCUT2D eigenvalue weighted by Crippen LogP contribution is -2.48. The van der Waals surface area contributed by atoms with Gasteiger partial charge in [0.1, 0.15) is 17.8 Å². The number of anilines is 1. The average molecular weight is 972 g/mol. The summed E-state index contributed by atoms with van der Waals surface area (Å²) in [4.78, 5) is 70.9. The van der Waals surface area contributed by atoms with Crippen molar-refractivity contribution >= 4 is 57.4 Å². The van der Waals surface area contributed by atoms with Crippen molar-refractivity contribution in [2.75, 3.05) is 37.6 Å². The molecule has 2 N–H and O–H groups in total. The van der Waals surface area contributed by atoms with Gasteiger partial charge >= 0.3 is 0 Å². The number of benzene rings is 3. The topological polar surface area (TPSA) is 167 Å². The number of hydrogen-bond donors (Lipinski definition) is 2. The fraction of sp³-hybridized carbons (Fsp3) is 0.453. The van der Waals surface area contributed by atoms with Gasteiger partial charge in [-0.3, -0.25) is 23.7 Å². The molecule has 3 aromatic carbocycles. The Morgan fingerprint density at radius 1 is 0.957 bits per heavy atom. The molecule has 16 heteroatoms. The summed E-state index contributed by atoms with van der Waals surface area (Å²) in [6, 6.07) is 20.8. The van der Waals surface area contributed by atoms with E-state index >= 15 is 0 Å². The quantitative estimate of drug-likeness (QED) is 0.136. The first-order valence-electron chi connectivity index (χ1n) is 24.2. The van der Waals surface area contributed by atoms with Gasteiger partial charge in [-0.15, -0.1) is 11.3 Å². The first-order valence-corrected chi connectivity index (χ1v) is 25.5. The van der Waals surface area contributed by atoms with Crippen molar-refractivity contribution in [3.8, 4) is 16.1 Å². The summed E-state index contributed by atoms with van der Waals surface area (Å²) >= 11 is 8.07. The normalized spacial score (nSPS) is 20.3. The predicted molar refractivity (Wildman–Crippen MR) is 267 cm³/mol. The van der Waals surface area contributed by atoms with Gasteiger partial charge < -0.3 is 29.6 Å². The number of rotatable bonds is 10. The molecule has 0 bridgehead atoms. The van der Waals surface area contributed by atoms with E-state index in [-0.39, 0.29) is 54.1 Å². The number of thiazole rings is 1. The van der Waals surface area contributed by atoms with Crippen LogP contribution >= 0.6 is 22.9 Å². The summed E-state index contributed by atoms with van der Waals surface area (Å²) in [5.74, 6) is 0.677. The van der Waals surface area contributed by atoms with Crippen LogP contribution < -0.4 is 15.8 Å². The van der Waals surface area contributed by atoms with Crippen molar-refractivity contribution < 1.29 is 24.0 Å². The van der Waals surface area contributed by atoms with Crippen LogP contribution in [0.3, 0.4) is 0 Å². The molecule has 4 aliphatic heterocycles. The number of β-amino-alcohol motifs (C(OH)–C–C–N with tert-alkyl or cyclic N) is 1. The van der Waals surface area contributed by atoms with Gasteiger partial charge in [-0.25, -0.2) is 4.98 Å². The number of fused-ring (bicyclic) bond motifs is 5. The third kappa shape index (κ3) is 8.54. The highest BCUT2D eigenvalue weighted by Crippen LogP contribution is 2.45. The highest BCUT2D eigenvalue weighted by molar-refractivity contribution is 7.13. The Labute approximate surface area is 410 Å². The van der Waals surface area contributed by atoms with Gasteiger partial charge in [0.15, 0.2) is 11.6 Å².